The molecule has 22 heavy (non-hydrogen) atoms. The van der Waals surface area contributed by atoms with Gasteiger partial charge in [0, 0.05) is 18.7 Å². The van der Waals surface area contributed by atoms with Gasteiger partial charge in [0.05, 0.1) is 33.4 Å². The first-order chi connectivity index (χ1) is 10.2. The Hall–Kier alpha value is -1.38. The molecule has 0 heterocycles. The number of benzene rings is 1. The van der Waals surface area contributed by atoms with Crippen LogP contribution < -0.4 is 25.3 Å². The predicted molar refractivity (Wildman–Crippen MR) is 99.8 cm³/mol. The maximum absolute atomic E-state index is 5.83. The fourth-order valence-corrected chi connectivity index (χ4v) is 1.85. The quantitative estimate of drug-likeness (QED) is 0.291. The van der Waals surface area contributed by atoms with Gasteiger partial charge in [0.1, 0.15) is 17.2 Å². The van der Waals surface area contributed by atoms with Gasteiger partial charge in [-0.25, -0.2) is 4.99 Å². The van der Waals surface area contributed by atoms with Crippen LogP contribution in [0.2, 0.25) is 0 Å². The second-order valence-electron chi connectivity index (χ2n) is 4.49. The summed E-state index contributed by atoms with van der Waals surface area (Å²) in [7, 11) is 4.80. The normalized spacial score (nSPS) is 10.6. The molecule has 1 rings (SSSR count). The van der Waals surface area contributed by atoms with Crippen molar-refractivity contribution in [2.75, 3.05) is 27.9 Å². The number of rotatable bonds is 8. The fraction of sp³-hybridized carbons (Fsp3) is 0.533. The van der Waals surface area contributed by atoms with Crippen LogP contribution in [0.5, 0.6) is 17.2 Å². The lowest BCUT2D eigenvalue weighted by Gasteiger charge is -2.14. The molecule has 0 saturated carbocycles. The summed E-state index contributed by atoms with van der Waals surface area (Å²) >= 11 is 0. The maximum atomic E-state index is 5.83. The summed E-state index contributed by atoms with van der Waals surface area (Å²) in [5, 5.41) is 3.07. The minimum absolute atomic E-state index is 0. The molecule has 0 amide bonds. The number of nitrogens with zero attached hydrogens (tertiary/aromatic N) is 1. The zero-order chi connectivity index (χ0) is 15.7. The van der Waals surface area contributed by atoms with E-state index in [-0.39, 0.29) is 24.0 Å². The van der Waals surface area contributed by atoms with Crippen molar-refractivity contribution in [1.29, 1.82) is 0 Å². The Morgan fingerprint density at radius 2 is 1.73 bits per heavy atom. The lowest BCUT2D eigenvalue weighted by molar-refractivity contribution is 0.369. The van der Waals surface area contributed by atoms with Gasteiger partial charge in [-0.05, 0) is 6.42 Å². The van der Waals surface area contributed by atoms with E-state index in [1.54, 1.807) is 33.5 Å². The average Bonchev–Trinajstić information content (AvgIpc) is 2.52. The highest BCUT2D eigenvalue weighted by Gasteiger charge is 2.12. The van der Waals surface area contributed by atoms with E-state index in [9.17, 15) is 0 Å². The third-order valence-corrected chi connectivity index (χ3v) is 3.06. The number of aliphatic imine (C=N–C) groups is 1. The summed E-state index contributed by atoms with van der Waals surface area (Å²) in [6.07, 6.45) is 2.17. The highest BCUT2D eigenvalue weighted by molar-refractivity contribution is 14.0. The maximum Gasteiger partial charge on any atom is 0.188 e. The molecule has 0 aliphatic heterocycles. The molecule has 0 atom stereocenters. The van der Waals surface area contributed by atoms with Gasteiger partial charge in [-0.15, -0.1) is 24.0 Å². The Morgan fingerprint density at radius 1 is 1.14 bits per heavy atom. The Kier molecular flexibility index (Phi) is 10.5. The zero-order valence-corrected chi connectivity index (χ0v) is 16.0. The van der Waals surface area contributed by atoms with Gasteiger partial charge in [-0.2, -0.15) is 0 Å². The van der Waals surface area contributed by atoms with E-state index in [1.807, 2.05) is 0 Å². The van der Waals surface area contributed by atoms with Crippen LogP contribution in [0.4, 0.5) is 0 Å². The largest absolute Gasteiger partial charge is 0.496 e. The number of hydrogen-bond donors (Lipinski definition) is 2. The molecule has 3 N–H and O–H groups in total. The summed E-state index contributed by atoms with van der Waals surface area (Å²) in [6.45, 7) is 3.33. The predicted octanol–water partition coefficient (Wildman–Crippen LogP) is 2.53. The number of ether oxygens (including phenoxy) is 3. The van der Waals surface area contributed by atoms with E-state index in [0.717, 1.165) is 24.9 Å². The van der Waals surface area contributed by atoms with Gasteiger partial charge in [-0.3, -0.25) is 0 Å². The summed E-state index contributed by atoms with van der Waals surface area (Å²) in [5.41, 5.74) is 6.67. The molecule has 1 aromatic carbocycles. The number of halogens is 1. The van der Waals surface area contributed by atoms with E-state index in [4.69, 9.17) is 19.9 Å². The van der Waals surface area contributed by atoms with Gasteiger partial charge in [0.25, 0.3) is 0 Å². The van der Waals surface area contributed by atoms with Crippen LogP contribution in [0, 0.1) is 0 Å². The van der Waals surface area contributed by atoms with Crippen LogP contribution in [-0.2, 0) is 6.54 Å². The molecule has 0 saturated heterocycles. The molecule has 6 nitrogen and oxygen atoms in total. The number of nitrogens with two attached hydrogens (primary N) is 1. The molecule has 7 heteroatoms. The Labute approximate surface area is 149 Å². The topological polar surface area (TPSA) is 78.1 Å². The van der Waals surface area contributed by atoms with E-state index in [2.05, 4.69) is 17.2 Å². The summed E-state index contributed by atoms with van der Waals surface area (Å²) < 4.78 is 16.0. The highest BCUT2D eigenvalue weighted by atomic mass is 127. The van der Waals surface area contributed by atoms with Crippen molar-refractivity contribution in [3.05, 3.63) is 17.7 Å². The van der Waals surface area contributed by atoms with Crippen LogP contribution in [0.15, 0.2) is 17.1 Å². The van der Waals surface area contributed by atoms with Crippen molar-refractivity contribution >= 4 is 29.9 Å². The lowest BCUT2D eigenvalue weighted by atomic mass is 10.1. The van der Waals surface area contributed by atoms with Crippen molar-refractivity contribution in [3.63, 3.8) is 0 Å². The number of methoxy groups -OCH3 is 3. The van der Waals surface area contributed by atoms with Gasteiger partial charge >= 0.3 is 0 Å². The molecule has 0 bridgehead atoms. The van der Waals surface area contributed by atoms with Crippen LogP contribution in [0.25, 0.3) is 0 Å². The van der Waals surface area contributed by atoms with Crippen molar-refractivity contribution in [2.45, 2.75) is 26.3 Å². The lowest BCUT2D eigenvalue weighted by Crippen LogP contribution is -2.32. The van der Waals surface area contributed by atoms with E-state index in [0.29, 0.717) is 29.8 Å². The molecule has 0 spiro atoms. The molecular formula is C15H26IN3O3. The fourth-order valence-electron chi connectivity index (χ4n) is 1.85. The van der Waals surface area contributed by atoms with Crippen molar-refractivity contribution in [1.82, 2.24) is 5.32 Å². The number of unbranched alkanes of at least 4 members (excludes halogenated alkanes) is 1. The second-order valence-corrected chi connectivity index (χ2v) is 4.49. The smallest absolute Gasteiger partial charge is 0.188 e. The molecule has 0 unspecified atom stereocenters. The van der Waals surface area contributed by atoms with Crippen LogP contribution in [-0.4, -0.2) is 33.8 Å². The molecule has 0 radical (unpaired) electrons. The Bertz CT molecular complexity index is 456. The molecule has 0 aromatic heterocycles. The standard InChI is InChI=1S/C15H25N3O3.HI/c1-5-6-7-17-15(16)18-10-12-13(20-3)8-11(19-2)9-14(12)21-4;/h8-9H,5-7,10H2,1-4H3,(H3,16,17,18);1H. The number of guanidine groups is 1. The third kappa shape index (κ3) is 6.17. The summed E-state index contributed by atoms with van der Waals surface area (Å²) in [5.74, 6) is 2.42. The van der Waals surface area contributed by atoms with Crippen LogP contribution in [0.3, 0.4) is 0 Å². The zero-order valence-electron chi connectivity index (χ0n) is 13.6. The number of nitrogens with one attached hydrogen (secondary N) is 1. The van der Waals surface area contributed by atoms with Crippen molar-refractivity contribution < 1.29 is 14.2 Å². The van der Waals surface area contributed by atoms with E-state index < -0.39 is 0 Å². The van der Waals surface area contributed by atoms with Crippen molar-refractivity contribution in [3.8, 4) is 17.2 Å². The first kappa shape index (κ1) is 20.6. The first-order valence-corrected chi connectivity index (χ1v) is 6.98. The number of hydrogen-bond acceptors (Lipinski definition) is 4. The van der Waals surface area contributed by atoms with Gasteiger partial charge in [-0.1, -0.05) is 13.3 Å². The Balaban J connectivity index is 0.00000441. The summed E-state index contributed by atoms with van der Waals surface area (Å²) in [4.78, 5) is 4.32. The molecule has 126 valence electrons. The monoisotopic (exact) mass is 423 g/mol. The second kappa shape index (κ2) is 11.2. The van der Waals surface area contributed by atoms with Gasteiger partial charge in [0.15, 0.2) is 5.96 Å². The van der Waals surface area contributed by atoms with Gasteiger partial charge < -0.3 is 25.3 Å². The molecular weight excluding hydrogens is 397 g/mol. The van der Waals surface area contributed by atoms with Crippen LogP contribution in [0.1, 0.15) is 25.3 Å². The molecule has 0 fully saturated rings. The first-order valence-electron chi connectivity index (χ1n) is 6.98. The van der Waals surface area contributed by atoms with E-state index in [1.165, 1.54) is 0 Å². The average molecular weight is 423 g/mol. The molecule has 0 aliphatic carbocycles. The minimum Gasteiger partial charge on any atom is -0.496 e. The highest BCUT2D eigenvalue weighted by Crippen LogP contribution is 2.34. The van der Waals surface area contributed by atoms with Gasteiger partial charge in [0.2, 0.25) is 0 Å². The molecule has 0 aliphatic rings. The van der Waals surface area contributed by atoms with E-state index >= 15 is 0 Å². The van der Waals surface area contributed by atoms with Crippen molar-refractivity contribution in [2.24, 2.45) is 10.7 Å². The molecule has 1 aromatic rings. The Morgan fingerprint density at radius 3 is 2.18 bits per heavy atom. The SMILES string of the molecule is CCCCNC(N)=NCc1c(OC)cc(OC)cc1OC.I. The third-order valence-electron chi connectivity index (χ3n) is 3.06. The van der Waals surface area contributed by atoms with Crippen LogP contribution >= 0.6 is 24.0 Å². The minimum atomic E-state index is 0. The summed E-state index contributed by atoms with van der Waals surface area (Å²) in [6, 6.07) is 3.60.